The minimum atomic E-state index is 0.588. The summed E-state index contributed by atoms with van der Waals surface area (Å²) in [4.78, 5) is 10.6. The molecule has 2 aromatic rings. The lowest BCUT2D eigenvalue weighted by atomic mass is 10.3. The minimum Gasteiger partial charge on any atom is -0.263 e. The lowest BCUT2D eigenvalue weighted by Gasteiger charge is -1.98. The first-order valence-electron chi connectivity index (χ1n) is 4.33. The molecule has 2 heterocycles. The Hall–Kier alpha value is -0.580. The number of halogens is 1. The molecule has 0 unspecified atom stereocenters. The molecule has 0 aliphatic rings. The summed E-state index contributed by atoms with van der Waals surface area (Å²) in [5, 5.41) is 1.52. The van der Waals surface area contributed by atoms with Crippen molar-refractivity contribution < 1.29 is 0 Å². The Morgan fingerprint density at radius 3 is 2.80 bits per heavy atom. The Labute approximate surface area is 102 Å². The third kappa shape index (κ3) is 2.33. The quantitative estimate of drug-likeness (QED) is 0.763. The molecule has 0 aromatic carbocycles. The number of thiazole rings is 1. The zero-order chi connectivity index (χ0) is 10.8. The van der Waals surface area contributed by atoms with E-state index in [-0.39, 0.29) is 0 Å². The van der Waals surface area contributed by atoms with Crippen LogP contribution in [-0.2, 0) is 0 Å². The van der Waals surface area contributed by atoms with Gasteiger partial charge in [0.25, 0.3) is 0 Å². The van der Waals surface area contributed by atoms with Crippen molar-refractivity contribution in [2.45, 2.75) is 11.8 Å². The van der Waals surface area contributed by atoms with Crippen molar-refractivity contribution in [1.29, 1.82) is 0 Å². The van der Waals surface area contributed by atoms with Gasteiger partial charge in [-0.1, -0.05) is 11.6 Å². The zero-order valence-corrected chi connectivity index (χ0v) is 10.7. The van der Waals surface area contributed by atoms with Gasteiger partial charge in [0.15, 0.2) is 0 Å². The maximum absolute atomic E-state index is 5.93. The number of hydrogen-bond donors (Lipinski definition) is 0. The second-order valence-electron chi connectivity index (χ2n) is 2.98. The molecule has 2 aromatic heterocycles. The first kappa shape index (κ1) is 10.9. The van der Waals surface area contributed by atoms with Gasteiger partial charge in [0.2, 0.25) is 0 Å². The number of nitrogens with zero attached hydrogens (tertiary/aromatic N) is 2. The highest BCUT2D eigenvalue weighted by Gasteiger charge is 2.08. The number of hydrogen-bond acceptors (Lipinski definition) is 4. The normalized spacial score (nSPS) is 10.6. The zero-order valence-electron chi connectivity index (χ0n) is 8.32. The molecule has 2 rings (SSSR count). The average molecular weight is 257 g/mol. The maximum Gasteiger partial charge on any atom is 0.143 e. The van der Waals surface area contributed by atoms with Gasteiger partial charge in [-0.15, -0.1) is 23.1 Å². The fraction of sp³-hybridized carbons (Fsp3) is 0.200. The molecule has 0 spiro atoms. The van der Waals surface area contributed by atoms with E-state index in [0.29, 0.717) is 5.15 Å². The number of aromatic nitrogens is 2. The number of aryl methyl sites for hydroxylation is 1. The summed E-state index contributed by atoms with van der Waals surface area (Å²) in [6.07, 6.45) is 5.69. The van der Waals surface area contributed by atoms with Crippen LogP contribution in [-0.4, -0.2) is 16.2 Å². The van der Waals surface area contributed by atoms with Crippen LogP contribution in [0.15, 0.2) is 23.4 Å². The molecule has 0 aliphatic heterocycles. The topological polar surface area (TPSA) is 25.8 Å². The Morgan fingerprint density at radius 2 is 2.20 bits per heavy atom. The molecule has 2 nitrogen and oxygen atoms in total. The molecule has 0 bridgehead atoms. The average Bonchev–Trinajstić information content (AvgIpc) is 2.59. The van der Waals surface area contributed by atoms with Crippen LogP contribution in [0.3, 0.4) is 0 Å². The first-order chi connectivity index (χ1) is 7.20. The van der Waals surface area contributed by atoms with Crippen LogP contribution in [0, 0.1) is 6.92 Å². The predicted octanol–water partition coefficient (Wildman–Crippen LogP) is 3.89. The predicted molar refractivity (Wildman–Crippen MR) is 66.9 cm³/mol. The van der Waals surface area contributed by atoms with Gasteiger partial charge in [0.05, 0.1) is 0 Å². The van der Waals surface area contributed by atoms with Gasteiger partial charge in [0, 0.05) is 27.7 Å². The van der Waals surface area contributed by atoms with E-state index in [1.165, 1.54) is 0 Å². The summed E-state index contributed by atoms with van der Waals surface area (Å²) >= 11 is 9.19. The van der Waals surface area contributed by atoms with Gasteiger partial charge in [-0.25, -0.2) is 4.98 Å². The van der Waals surface area contributed by atoms with Gasteiger partial charge in [-0.3, -0.25) is 4.98 Å². The smallest absolute Gasteiger partial charge is 0.143 e. The SMILES string of the molecule is CSc1cncc(-c2nc(Cl)c(C)s2)c1. The number of thioether (sulfide) groups is 1. The third-order valence-electron chi connectivity index (χ3n) is 1.94. The van der Waals surface area contributed by atoms with Gasteiger partial charge < -0.3 is 0 Å². The van der Waals surface area contributed by atoms with E-state index in [9.17, 15) is 0 Å². The van der Waals surface area contributed by atoms with Crippen molar-refractivity contribution in [3.63, 3.8) is 0 Å². The lowest BCUT2D eigenvalue weighted by molar-refractivity contribution is 1.23. The van der Waals surface area contributed by atoms with Gasteiger partial charge in [0.1, 0.15) is 10.2 Å². The van der Waals surface area contributed by atoms with E-state index in [1.807, 2.05) is 25.6 Å². The Balaban J connectivity index is 2.44. The van der Waals surface area contributed by atoms with Crippen molar-refractivity contribution >= 4 is 34.7 Å². The van der Waals surface area contributed by atoms with Crippen molar-refractivity contribution in [2.75, 3.05) is 6.26 Å². The van der Waals surface area contributed by atoms with E-state index in [4.69, 9.17) is 11.6 Å². The van der Waals surface area contributed by atoms with Gasteiger partial charge in [-0.05, 0) is 19.2 Å². The van der Waals surface area contributed by atoms with Crippen LogP contribution in [0.2, 0.25) is 5.15 Å². The fourth-order valence-electron chi connectivity index (χ4n) is 1.15. The molecule has 0 N–H and O–H groups in total. The van der Waals surface area contributed by atoms with E-state index in [0.717, 1.165) is 20.3 Å². The van der Waals surface area contributed by atoms with Crippen LogP contribution < -0.4 is 0 Å². The fourth-order valence-corrected chi connectivity index (χ4v) is 2.60. The number of rotatable bonds is 2. The van der Waals surface area contributed by atoms with Crippen molar-refractivity contribution in [2.24, 2.45) is 0 Å². The van der Waals surface area contributed by atoms with Crippen LogP contribution in [0.5, 0.6) is 0 Å². The molecule has 0 radical (unpaired) electrons. The second kappa shape index (κ2) is 4.51. The van der Waals surface area contributed by atoms with Gasteiger partial charge >= 0.3 is 0 Å². The number of pyridine rings is 1. The highest BCUT2D eigenvalue weighted by molar-refractivity contribution is 7.98. The summed E-state index contributed by atoms with van der Waals surface area (Å²) in [6.45, 7) is 1.97. The summed E-state index contributed by atoms with van der Waals surface area (Å²) in [5.41, 5.74) is 1.03. The molecule has 0 amide bonds. The Bertz CT molecular complexity index is 463. The van der Waals surface area contributed by atoms with Crippen molar-refractivity contribution in [3.8, 4) is 10.6 Å². The molecule has 0 fully saturated rings. The molecule has 0 saturated carbocycles. The monoisotopic (exact) mass is 256 g/mol. The standard InChI is InChI=1S/C10H9ClN2S2/c1-6-9(11)13-10(15-6)7-3-8(14-2)5-12-4-7/h3-5H,1-2H3. The summed E-state index contributed by atoms with van der Waals surface area (Å²) in [5.74, 6) is 0. The first-order valence-corrected chi connectivity index (χ1v) is 6.75. The summed E-state index contributed by atoms with van der Waals surface area (Å²) in [7, 11) is 0. The molecular formula is C10H9ClN2S2. The molecule has 15 heavy (non-hydrogen) atoms. The third-order valence-corrected chi connectivity index (χ3v) is 4.13. The van der Waals surface area contributed by atoms with Crippen LogP contribution in [0.25, 0.3) is 10.6 Å². The van der Waals surface area contributed by atoms with Crippen molar-refractivity contribution in [3.05, 3.63) is 28.5 Å². The van der Waals surface area contributed by atoms with E-state index >= 15 is 0 Å². The molecule has 5 heteroatoms. The summed E-state index contributed by atoms with van der Waals surface area (Å²) in [6, 6.07) is 2.08. The molecule has 0 atom stereocenters. The minimum absolute atomic E-state index is 0.588. The van der Waals surface area contributed by atoms with E-state index in [1.54, 1.807) is 23.1 Å². The maximum atomic E-state index is 5.93. The molecular weight excluding hydrogens is 248 g/mol. The Morgan fingerprint density at radius 1 is 1.40 bits per heavy atom. The highest BCUT2D eigenvalue weighted by atomic mass is 35.5. The van der Waals surface area contributed by atoms with Crippen LogP contribution in [0.4, 0.5) is 0 Å². The van der Waals surface area contributed by atoms with E-state index in [2.05, 4.69) is 16.0 Å². The largest absolute Gasteiger partial charge is 0.263 e. The Kier molecular flexibility index (Phi) is 3.29. The highest BCUT2D eigenvalue weighted by Crippen LogP contribution is 2.31. The van der Waals surface area contributed by atoms with E-state index < -0.39 is 0 Å². The summed E-state index contributed by atoms with van der Waals surface area (Å²) < 4.78 is 0. The molecule has 78 valence electrons. The lowest BCUT2D eigenvalue weighted by Crippen LogP contribution is -1.80. The molecule has 0 aliphatic carbocycles. The van der Waals surface area contributed by atoms with Crippen LogP contribution >= 0.6 is 34.7 Å². The second-order valence-corrected chi connectivity index (χ2v) is 5.42. The van der Waals surface area contributed by atoms with Crippen molar-refractivity contribution in [1.82, 2.24) is 9.97 Å². The van der Waals surface area contributed by atoms with Gasteiger partial charge in [-0.2, -0.15) is 0 Å². The molecule has 0 saturated heterocycles. The van der Waals surface area contributed by atoms with Crippen LogP contribution in [0.1, 0.15) is 4.88 Å².